The van der Waals surface area contributed by atoms with E-state index in [0.29, 0.717) is 5.75 Å². The van der Waals surface area contributed by atoms with Gasteiger partial charge in [-0.3, -0.25) is 9.59 Å². The van der Waals surface area contributed by atoms with Gasteiger partial charge in [-0.25, -0.2) is 0 Å². The molecule has 8 heteroatoms. The van der Waals surface area contributed by atoms with Crippen molar-refractivity contribution in [2.45, 2.75) is 12.1 Å². The van der Waals surface area contributed by atoms with Gasteiger partial charge in [0.2, 0.25) is 5.91 Å². The molecule has 26 heavy (non-hydrogen) atoms. The maximum Gasteiger partial charge on any atom is 0.416 e. The van der Waals surface area contributed by atoms with Crippen molar-refractivity contribution in [2.24, 2.45) is 5.92 Å². The highest BCUT2D eigenvalue weighted by atomic mass is 19.4. The average molecular weight is 364 g/mol. The van der Waals surface area contributed by atoms with E-state index in [4.69, 9.17) is 4.84 Å². The lowest BCUT2D eigenvalue weighted by Crippen LogP contribution is -2.38. The van der Waals surface area contributed by atoms with Crippen LogP contribution in [-0.2, 0) is 15.8 Å². The summed E-state index contributed by atoms with van der Waals surface area (Å²) >= 11 is 0. The average Bonchev–Trinajstić information content (AvgIpc) is 3.01. The number of carbonyl (C=O) groups is 2. The van der Waals surface area contributed by atoms with Crippen molar-refractivity contribution in [3.8, 4) is 5.75 Å². The van der Waals surface area contributed by atoms with Crippen LogP contribution < -0.4 is 15.6 Å². The summed E-state index contributed by atoms with van der Waals surface area (Å²) < 4.78 is 38.7. The normalized spacial score (nSPS) is 19.7. The van der Waals surface area contributed by atoms with Gasteiger partial charge >= 0.3 is 6.18 Å². The fourth-order valence-corrected chi connectivity index (χ4v) is 2.84. The molecule has 2 aromatic carbocycles. The lowest BCUT2D eigenvalue weighted by Gasteiger charge is -2.18. The molecule has 1 heterocycles. The number of nitrogens with one attached hydrogen (secondary N) is 2. The second-order valence-electron chi connectivity index (χ2n) is 5.83. The summed E-state index contributed by atoms with van der Waals surface area (Å²) in [5.74, 6) is -2.80. The van der Waals surface area contributed by atoms with Crippen LogP contribution in [0.4, 0.5) is 13.2 Å². The largest absolute Gasteiger partial charge is 0.416 e. The molecule has 2 aromatic rings. The van der Waals surface area contributed by atoms with Crippen molar-refractivity contribution < 1.29 is 27.6 Å². The molecule has 5 nitrogen and oxygen atoms in total. The molecule has 0 bridgehead atoms. The molecule has 1 saturated heterocycles. The van der Waals surface area contributed by atoms with E-state index in [2.05, 4.69) is 10.8 Å². The second-order valence-corrected chi connectivity index (χ2v) is 5.83. The fraction of sp³-hybridized carbons (Fsp3) is 0.222. The zero-order valence-corrected chi connectivity index (χ0v) is 13.4. The van der Waals surface area contributed by atoms with Crippen LogP contribution in [0.3, 0.4) is 0 Å². The van der Waals surface area contributed by atoms with Gasteiger partial charge in [-0.1, -0.05) is 36.4 Å². The van der Waals surface area contributed by atoms with E-state index in [1.165, 1.54) is 12.1 Å². The maximum atomic E-state index is 12.9. The minimum atomic E-state index is -4.50. The van der Waals surface area contributed by atoms with E-state index in [0.717, 1.165) is 12.1 Å². The molecule has 136 valence electrons. The molecule has 0 spiro atoms. The van der Waals surface area contributed by atoms with Crippen LogP contribution in [0.1, 0.15) is 17.0 Å². The summed E-state index contributed by atoms with van der Waals surface area (Å²) in [4.78, 5) is 29.5. The third-order valence-corrected chi connectivity index (χ3v) is 4.12. The maximum absolute atomic E-state index is 12.9. The first-order valence-electron chi connectivity index (χ1n) is 7.83. The number of amides is 2. The number of carbonyl (C=O) groups excluding carboxylic acids is 2. The van der Waals surface area contributed by atoms with Gasteiger partial charge in [0.05, 0.1) is 5.56 Å². The van der Waals surface area contributed by atoms with E-state index >= 15 is 0 Å². The molecule has 1 aliphatic heterocycles. The topological polar surface area (TPSA) is 67.4 Å². The lowest BCUT2D eigenvalue weighted by molar-refractivity contribution is -0.138. The molecule has 2 unspecified atom stereocenters. The quantitative estimate of drug-likeness (QED) is 0.647. The van der Waals surface area contributed by atoms with Crippen LogP contribution in [0.25, 0.3) is 0 Å². The Morgan fingerprint density at radius 3 is 2.54 bits per heavy atom. The minimum absolute atomic E-state index is 0.0730. The van der Waals surface area contributed by atoms with E-state index in [1.54, 1.807) is 30.3 Å². The van der Waals surface area contributed by atoms with Gasteiger partial charge in [0.1, 0.15) is 5.92 Å². The molecule has 1 fully saturated rings. The molecular formula is C18H15F3N2O3. The SMILES string of the molecule is O=C1NCC(c2cccc(C(F)(F)F)c2)C1C(=O)NOc1ccccc1. The van der Waals surface area contributed by atoms with Crippen molar-refractivity contribution in [2.75, 3.05) is 6.54 Å². The number of hydrogen-bond donors (Lipinski definition) is 2. The van der Waals surface area contributed by atoms with Gasteiger partial charge in [-0.2, -0.15) is 18.7 Å². The van der Waals surface area contributed by atoms with Crippen LogP contribution in [0.2, 0.25) is 0 Å². The third kappa shape index (κ3) is 3.79. The number of hydrogen-bond acceptors (Lipinski definition) is 3. The number of benzene rings is 2. The zero-order chi connectivity index (χ0) is 18.7. The van der Waals surface area contributed by atoms with Gasteiger partial charge < -0.3 is 10.2 Å². The molecule has 3 rings (SSSR count). The standard InChI is InChI=1S/C18H15F3N2O3/c19-18(20,21)12-6-4-5-11(9-12)14-10-22-16(24)15(14)17(25)23-26-13-7-2-1-3-8-13/h1-9,14-15H,10H2,(H,22,24)(H,23,25). The summed E-state index contributed by atoms with van der Waals surface area (Å²) in [6, 6.07) is 13.0. The van der Waals surface area contributed by atoms with Gasteiger partial charge in [0.25, 0.3) is 5.91 Å². The molecule has 0 aliphatic carbocycles. The minimum Gasteiger partial charge on any atom is -0.380 e. The predicted octanol–water partition coefficient (Wildman–Crippen LogP) is 2.65. The van der Waals surface area contributed by atoms with Crippen molar-refractivity contribution in [1.82, 2.24) is 10.8 Å². The molecular weight excluding hydrogens is 349 g/mol. The number of alkyl halides is 3. The van der Waals surface area contributed by atoms with Crippen LogP contribution in [0.15, 0.2) is 54.6 Å². The van der Waals surface area contributed by atoms with Crippen molar-refractivity contribution in [3.63, 3.8) is 0 Å². The summed E-state index contributed by atoms with van der Waals surface area (Å²) in [7, 11) is 0. The molecule has 0 saturated carbocycles. The number of para-hydroxylation sites is 1. The Morgan fingerprint density at radius 1 is 1.12 bits per heavy atom. The summed E-state index contributed by atoms with van der Waals surface area (Å²) in [5.41, 5.74) is 1.63. The van der Waals surface area contributed by atoms with Crippen molar-refractivity contribution >= 4 is 11.8 Å². The second kappa shape index (κ2) is 7.07. The van der Waals surface area contributed by atoms with Crippen LogP contribution in [0.5, 0.6) is 5.75 Å². The van der Waals surface area contributed by atoms with Gasteiger partial charge in [0, 0.05) is 12.5 Å². The molecule has 2 N–H and O–H groups in total. The smallest absolute Gasteiger partial charge is 0.380 e. The van der Waals surface area contributed by atoms with Gasteiger partial charge in [-0.05, 0) is 23.8 Å². The Kier molecular flexibility index (Phi) is 4.83. The van der Waals surface area contributed by atoms with Crippen molar-refractivity contribution in [3.05, 3.63) is 65.7 Å². The Bertz CT molecular complexity index is 809. The van der Waals surface area contributed by atoms with E-state index < -0.39 is 35.4 Å². The molecule has 2 amide bonds. The highest BCUT2D eigenvalue weighted by Gasteiger charge is 2.42. The highest BCUT2D eigenvalue weighted by molar-refractivity contribution is 6.02. The molecule has 1 aliphatic rings. The van der Waals surface area contributed by atoms with E-state index in [-0.39, 0.29) is 12.1 Å². The van der Waals surface area contributed by atoms with Crippen LogP contribution in [-0.4, -0.2) is 18.4 Å². The van der Waals surface area contributed by atoms with Crippen LogP contribution in [0, 0.1) is 5.92 Å². The fourth-order valence-electron chi connectivity index (χ4n) is 2.84. The first kappa shape index (κ1) is 17.8. The van der Waals surface area contributed by atoms with Gasteiger partial charge in [-0.15, -0.1) is 0 Å². The summed E-state index contributed by atoms with van der Waals surface area (Å²) in [6.07, 6.45) is -4.50. The number of rotatable bonds is 4. The Morgan fingerprint density at radius 2 is 1.85 bits per heavy atom. The summed E-state index contributed by atoms with van der Waals surface area (Å²) in [6.45, 7) is 0.0730. The Balaban J connectivity index is 1.77. The monoisotopic (exact) mass is 364 g/mol. The zero-order valence-electron chi connectivity index (χ0n) is 13.4. The van der Waals surface area contributed by atoms with E-state index in [1.807, 2.05) is 0 Å². The van der Waals surface area contributed by atoms with Gasteiger partial charge in [0.15, 0.2) is 5.75 Å². The third-order valence-electron chi connectivity index (χ3n) is 4.12. The highest BCUT2D eigenvalue weighted by Crippen LogP contribution is 2.34. The Labute approximate surface area is 147 Å². The first-order valence-corrected chi connectivity index (χ1v) is 7.83. The lowest BCUT2D eigenvalue weighted by atomic mass is 9.87. The Hall–Kier alpha value is -3.03. The predicted molar refractivity (Wildman–Crippen MR) is 85.9 cm³/mol. The molecule has 0 aromatic heterocycles. The van der Waals surface area contributed by atoms with E-state index in [9.17, 15) is 22.8 Å². The van der Waals surface area contributed by atoms with Crippen LogP contribution >= 0.6 is 0 Å². The number of halogens is 3. The molecule has 2 atom stereocenters. The number of hydroxylamine groups is 1. The molecule has 0 radical (unpaired) electrons. The van der Waals surface area contributed by atoms with Crippen molar-refractivity contribution in [1.29, 1.82) is 0 Å². The summed E-state index contributed by atoms with van der Waals surface area (Å²) in [5, 5.41) is 2.52. The first-order chi connectivity index (χ1) is 12.4.